The summed E-state index contributed by atoms with van der Waals surface area (Å²) >= 11 is 0. The predicted octanol–water partition coefficient (Wildman–Crippen LogP) is 1.73. The molecule has 0 aromatic heterocycles. The fourth-order valence-electron chi connectivity index (χ4n) is 2.44. The average Bonchev–Trinajstić information content (AvgIpc) is 2.34. The Morgan fingerprint density at radius 2 is 1.84 bits per heavy atom. The van der Waals surface area contributed by atoms with Crippen LogP contribution in [0.1, 0.15) is 40.5 Å². The van der Waals surface area contributed by atoms with Gasteiger partial charge in [0.1, 0.15) is 0 Å². The second-order valence-electron chi connectivity index (χ2n) is 6.05. The fraction of sp³-hybridized carbons (Fsp3) is 1.00. The molecule has 0 saturated heterocycles. The van der Waals surface area contributed by atoms with Crippen molar-refractivity contribution in [2.45, 2.75) is 52.7 Å². The first-order valence-corrected chi connectivity index (χ1v) is 7.48. The Morgan fingerprint density at radius 3 is 2.26 bits per heavy atom. The predicted molar refractivity (Wildman–Crippen MR) is 81.5 cm³/mol. The first-order chi connectivity index (χ1) is 8.89. The number of aliphatic hydroxyl groups is 1. The van der Waals surface area contributed by atoms with E-state index in [0.717, 1.165) is 25.9 Å². The number of aliphatic hydroxyl groups excluding tert-OH is 1. The van der Waals surface area contributed by atoms with E-state index in [0.29, 0.717) is 19.2 Å². The molecule has 0 amide bonds. The van der Waals surface area contributed by atoms with Crippen LogP contribution in [0.25, 0.3) is 0 Å². The van der Waals surface area contributed by atoms with Crippen LogP contribution in [0.15, 0.2) is 0 Å². The van der Waals surface area contributed by atoms with Gasteiger partial charge in [-0.15, -0.1) is 0 Å². The number of likely N-dealkylation sites (N-methyl/N-ethyl adjacent to an activating group) is 1. The van der Waals surface area contributed by atoms with Crippen LogP contribution in [0.5, 0.6) is 0 Å². The lowest BCUT2D eigenvalue weighted by atomic mass is 9.81. The van der Waals surface area contributed by atoms with Crippen molar-refractivity contribution in [3.05, 3.63) is 0 Å². The van der Waals surface area contributed by atoms with Crippen molar-refractivity contribution in [3.8, 4) is 0 Å². The summed E-state index contributed by atoms with van der Waals surface area (Å²) in [6.45, 7) is 12.0. The van der Waals surface area contributed by atoms with Gasteiger partial charge < -0.3 is 20.1 Å². The lowest BCUT2D eigenvalue weighted by molar-refractivity contribution is 0.0317. The van der Waals surface area contributed by atoms with E-state index in [4.69, 9.17) is 4.74 Å². The maximum absolute atomic E-state index is 9.80. The molecule has 19 heavy (non-hydrogen) atoms. The summed E-state index contributed by atoms with van der Waals surface area (Å²) < 4.78 is 4.98. The number of hydrogen-bond donors (Lipinski definition) is 2. The normalized spacial score (nSPS) is 14.4. The standard InChI is InChI=1S/C15H34N2O2/c1-7-15(8-2,11-16-13(3)4)12-17(5)9-14(18)10-19-6/h13-14,16,18H,7-12H2,1-6H3. The Kier molecular flexibility index (Phi) is 9.62. The Bertz CT molecular complexity index is 218. The number of methoxy groups -OCH3 is 1. The molecule has 0 radical (unpaired) electrons. The van der Waals surface area contributed by atoms with Gasteiger partial charge in [-0.3, -0.25) is 0 Å². The highest BCUT2D eigenvalue weighted by Crippen LogP contribution is 2.26. The molecule has 0 aliphatic rings. The molecular weight excluding hydrogens is 240 g/mol. The highest BCUT2D eigenvalue weighted by Gasteiger charge is 2.28. The largest absolute Gasteiger partial charge is 0.389 e. The van der Waals surface area contributed by atoms with Crippen LogP contribution in [0.4, 0.5) is 0 Å². The highest BCUT2D eigenvalue weighted by atomic mass is 16.5. The van der Waals surface area contributed by atoms with Gasteiger partial charge in [0.05, 0.1) is 12.7 Å². The molecule has 0 rings (SSSR count). The molecule has 1 unspecified atom stereocenters. The minimum absolute atomic E-state index is 0.284. The molecule has 4 nitrogen and oxygen atoms in total. The summed E-state index contributed by atoms with van der Waals surface area (Å²) in [6, 6.07) is 0.516. The lowest BCUT2D eigenvalue weighted by Crippen LogP contribution is -2.46. The highest BCUT2D eigenvalue weighted by molar-refractivity contribution is 4.83. The molecule has 0 saturated carbocycles. The smallest absolute Gasteiger partial charge is 0.0899 e. The van der Waals surface area contributed by atoms with Gasteiger partial charge in [-0.2, -0.15) is 0 Å². The van der Waals surface area contributed by atoms with Crippen molar-refractivity contribution in [1.29, 1.82) is 0 Å². The SMILES string of the molecule is CCC(CC)(CNC(C)C)CN(C)CC(O)COC. The van der Waals surface area contributed by atoms with Crippen LogP contribution in [0.2, 0.25) is 0 Å². The number of nitrogens with one attached hydrogen (secondary N) is 1. The van der Waals surface area contributed by atoms with Gasteiger partial charge in [-0.25, -0.2) is 0 Å². The van der Waals surface area contributed by atoms with E-state index in [1.165, 1.54) is 0 Å². The third-order valence-electron chi connectivity index (χ3n) is 3.87. The van der Waals surface area contributed by atoms with Crippen molar-refractivity contribution in [1.82, 2.24) is 10.2 Å². The van der Waals surface area contributed by atoms with E-state index in [2.05, 4.69) is 45.0 Å². The minimum atomic E-state index is -0.403. The third-order valence-corrected chi connectivity index (χ3v) is 3.87. The van der Waals surface area contributed by atoms with Gasteiger partial charge >= 0.3 is 0 Å². The molecule has 1 atom stereocenters. The van der Waals surface area contributed by atoms with Crippen molar-refractivity contribution in [2.24, 2.45) is 5.41 Å². The molecule has 0 aromatic carbocycles. The summed E-state index contributed by atoms with van der Waals surface area (Å²) in [6.07, 6.45) is 1.89. The van der Waals surface area contributed by atoms with Gasteiger partial charge in [-0.1, -0.05) is 27.7 Å². The zero-order valence-electron chi connectivity index (χ0n) is 13.7. The monoisotopic (exact) mass is 274 g/mol. The number of hydrogen-bond acceptors (Lipinski definition) is 4. The molecule has 0 spiro atoms. The minimum Gasteiger partial charge on any atom is -0.389 e. The van der Waals surface area contributed by atoms with E-state index in [1.807, 2.05) is 0 Å². The fourth-order valence-corrected chi connectivity index (χ4v) is 2.44. The van der Waals surface area contributed by atoms with Gasteiger partial charge in [0.2, 0.25) is 0 Å². The number of ether oxygens (including phenoxy) is 1. The first kappa shape index (κ1) is 18.8. The summed E-state index contributed by atoms with van der Waals surface area (Å²) in [5.41, 5.74) is 0.284. The molecule has 0 bridgehead atoms. The van der Waals surface area contributed by atoms with Gasteiger partial charge in [-0.05, 0) is 25.3 Å². The quantitative estimate of drug-likeness (QED) is 0.602. The van der Waals surface area contributed by atoms with E-state index in [9.17, 15) is 5.11 Å². The molecular formula is C15H34N2O2. The van der Waals surface area contributed by atoms with Crippen LogP contribution >= 0.6 is 0 Å². The molecule has 0 aliphatic heterocycles. The van der Waals surface area contributed by atoms with Gasteiger partial charge in [0.25, 0.3) is 0 Å². The zero-order valence-corrected chi connectivity index (χ0v) is 13.7. The Balaban J connectivity index is 4.38. The third kappa shape index (κ3) is 7.88. The van der Waals surface area contributed by atoms with Crippen molar-refractivity contribution < 1.29 is 9.84 Å². The molecule has 2 N–H and O–H groups in total. The van der Waals surface area contributed by atoms with Gasteiger partial charge in [0.15, 0.2) is 0 Å². The molecule has 4 heteroatoms. The van der Waals surface area contributed by atoms with E-state index in [-0.39, 0.29) is 5.41 Å². The summed E-state index contributed by atoms with van der Waals surface area (Å²) in [5, 5.41) is 13.4. The molecule has 0 aromatic rings. The maximum Gasteiger partial charge on any atom is 0.0899 e. The van der Waals surface area contributed by atoms with Crippen molar-refractivity contribution >= 4 is 0 Å². The second-order valence-corrected chi connectivity index (χ2v) is 6.05. The first-order valence-electron chi connectivity index (χ1n) is 7.48. The van der Waals surface area contributed by atoms with E-state index >= 15 is 0 Å². The molecule has 0 heterocycles. The Morgan fingerprint density at radius 1 is 1.26 bits per heavy atom. The van der Waals surface area contributed by atoms with Crippen LogP contribution in [0.3, 0.4) is 0 Å². The second kappa shape index (κ2) is 9.70. The number of rotatable bonds is 11. The van der Waals surface area contributed by atoms with E-state index < -0.39 is 6.10 Å². The molecule has 0 fully saturated rings. The molecule has 0 aliphatic carbocycles. The van der Waals surface area contributed by atoms with Crippen LogP contribution in [0, 0.1) is 5.41 Å². The van der Waals surface area contributed by atoms with Crippen molar-refractivity contribution in [2.75, 3.05) is 40.4 Å². The lowest BCUT2D eigenvalue weighted by Gasteiger charge is -2.37. The maximum atomic E-state index is 9.80. The van der Waals surface area contributed by atoms with E-state index in [1.54, 1.807) is 7.11 Å². The van der Waals surface area contributed by atoms with Crippen LogP contribution in [-0.2, 0) is 4.74 Å². The number of nitrogens with zero attached hydrogens (tertiary/aromatic N) is 1. The summed E-state index contributed by atoms with van der Waals surface area (Å²) in [4.78, 5) is 2.22. The Hall–Kier alpha value is -0.160. The summed E-state index contributed by atoms with van der Waals surface area (Å²) in [7, 11) is 3.70. The summed E-state index contributed by atoms with van der Waals surface area (Å²) in [5.74, 6) is 0. The zero-order chi connectivity index (χ0) is 14.9. The topological polar surface area (TPSA) is 44.7 Å². The molecule has 116 valence electrons. The van der Waals surface area contributed by atoms with Gasteiger partial charge in [0, 0.05) is 32.8 Å². The Labute approximate surface area is 119 Å². The average molecular weight is 274 g/mol. The van der Waals surface area contributed by atoms with Crippen LogP contribution in [-0.4, -0.2) is 62.6 Å². The van der Waals surface area contributed by atoms with Crippen LogP contribution < -0.4 is 5.32 Å². The van der Waals surface area contributed by atoms with Crippen molar-refractivity contribution in [3.63, 3.8) is 0 Å².